The SMILES string of the molecule is CC(C)C1CCCC12CCCNC2. The Hall–Kier alpha value is -0.0400. The fourth-order valence-electron chi connectivity index (χ4n) is 3.73. The van der Waals surface area contributed by atoms with E-state index in [4.69, 9.17) is 0 Å². The Morgan fingerprint density at radius 2 is 2.00 bits per heavy atom. The molecule has 0 aromatic heterocycles. The number of rotatable bonds is 1. The Kier molecular flexibility index (Phi) is 2.64. The van der Waals surface area contributed by atoms with Gasteiger partial charge in [-0.25, -0.2) is 0 Å². The summed E-state index contributed by atoms with van der Waals surface area (Å²) in [5, 5.41) is 3.60. The first-order valence-corrected chi connectivity index (χ1v) is 5.95. The molecule has 2 atom stereocenters. The van der Waals surface area contributed by atoms with Crippen LogP contribution in [0.15, 0.2) is 0 Å². The third-order valence-corrected chi connectivity index (χ3v) is 4.29. The van der Waals surface area contributed by atoms with Crippen molar-refractivity contribution >= 4 is 0 Å². The summed E-state index contributed by atoms with van der Waals surface area (Å²) in [6.07, 6.45) is 7.35. The predicted molar refractivity (Wildman–Crippen MR) is 56.7 cm³/mol. The van der Waals surface area contributed by atoms with Crippen LogP contribution < -0.4 is 5.32 Å². The van der Waals surface area contributed by atoms with Crippen molar-refractivity contribution in [2.75, 3.05) is 13.1 Å². The summed E-state index contributed by atoms with van der Waals surface area (Å²) < 4.78 is 0. The van der Waals surface area contributed by atoms with Crippen LogP contribution in [-0.2, 0) is 0 Å². The summed E-state index contributed by atoms with van der Waals surface area (Å²) in [6.45, 7) is 7.38. The van der Waals surface area contributed by atoms with Crippen LogP contribution >= 0.6 is 0 Å². The fourth-order valence-corrected chi connectivity index (χ4v) is 3.73. The molecule has 1 heteroatoms. The van der Waals surface area contributed by atoms with Gasteiger partial charge in [0, 0.05) is 6.54 Å². The van der Waals surface area contributed by atoms with Gasteiger partial charge in [-0.15, -0.1) is 0 Å². The Morgan fingerprint density at radius 3 is 2.62 bits per heavy atom. The molecule has 1 aliphatic carbocycles. The van der Waals surface area contributed by atoms with Crippen LogP contribution in [-0.4, -0.2) is 13.1 Å². The molecule has 0 bridgehead atoms. The van der Waals surface area contributed by atoms with Gasteiger partial charge in [-0.1, -0.05) is 20.3 Å². The minimum Gasteiger partial charge on any atom is -0.316 e. The van der Waals surface area contributed by atoms with Crippen LogP contribution in [0.1, 0.15) is 46.0 Å². The van der Waals surface area contributed by atoms with Gasteiger partial charge in [-0.05, 0) is 49.5 Å². The second-order valence-corrected chi connectivity index (χ2v) is 5.39. The molecule has 1 aliphatic heterocycles. The van der Waals surface area contributed by atoms with Gasteiger partial charge in [0.1, 0.15) is 0 Å². The number of hydrogen-bond donors (Lipinski definition) is 1. The Balaban J connectivity index is 2.09. The van der Waals surface area contributed by atoms with Crippen molar-refractivity contribution in [3.63, 3.8) is 0 Å². The van der Waals surface area contributed by atoms with Gasteiger partial charge in [0.2, 0.25) is 0 Å². The highest BCUT2D eigenvalue weighted by Crippen LogP contribution is 2.50. The second-order valence-electron chi connectivity index (χ2n) is 5.39. The zero-order valence-corrected chi connectivity index (χ0v) is 9.10. The molecule has 1 spiro atoms. The molecule has 1 saturated carbocycles. The van der Waals surface area contributed by atoms with Gasteiger partial charge in [-0.3, -0.25) is 0 Å². The topological polar surface area (TPSA) is 12.0 Å². The van der Waals surface area contributed by atoms with E-state index in [1.165, 1.54) is 45.2 Å². The molecule has 1 heterocycles. The van der Waals surface area contributed by atoms with Crippen LogP contribution in [0, 0.1) is 17.3 Å². The average Bonchev–Trinajstić information content (AvgIpc) is 2.50. The summed E-state index contributed by atoms with van der Waals surface area (Å²) in [5.74, 6) is 1.89. The lowest BCUT2D eigenvalue weighted by atomic mass is 9.68. The molecule has 76 valence electrons. The monoisotopic (exact) mass is 181 g/mol. The molecular formula is C12H23N. The van der Waals surface area contributed by atoms with E-state index in [1.807, 2.05) is 0 Å². The highest BCUT2D eigenvalue weighted by atomic mass is 14.9. The highest BCUT2D eigenvalue weighted by Gasteiger charge is 2.44. The smallest absolute Gasteiger partial charge is 0.00106 e. The average molecular weight is 181 g/mol. The van der Waals surface area contributed by atoms with E-state index in [0.29, 0.717) is 5.41 Å². The number of nitrogens with one attached hydrogen (secondary N) is 1. The van der Waals surface area contributed by atoms with Crippen molar-refractivity contribution in [3.8, 4) is 0 Å². The van der Waals surface area contributed by atoms with Crippen molar-refractivity contribution < 1.29 is 0 Å². The third kappa shape index (κ3) is 1.63. The van der Waals surface area contributed by atoms with Gasteiger partial charge < -0.3 is 5.32 Å². The molecule has 2 aliphatic rings. The van der Waals surface area contributed by atoms with Crippen LogP contribution in [0.2, 0.25) is 0 Å². The van der Waals surface area contributed by atoms with Gasteiger partial charge in [0.15, 0.2) is 0 Å². The quantitative estimate of drug-likeness (QED) is 0.656. The summed E-state index contributed by atoms with van der Waals surface area (Å²) in [7, 11) is 0. The van der Waals surface area contributed by atoms with E-state index >= 15 is 0 Å². The maximum absolute atomic E-state index is 3.60. The molecular weight excluding hydrogens is 158 g/mol. The van der Waals surface area contributed by atoms with Crippen molar-refractivity contribution in [2.24, 2.45) is 17.3 Å². The largest absolute Gasteiger partial charge is 0.316 e. The van der Waals surface area contributed by atoms with Crippen LogP contribution in [0.5, 0.6) is 0 Å². The van der Waals surface area contributed by atoms with E-state index < -0.39 is 0 Å². The van der Waals surface area contributed by atoms with Gasteiger partial charge in [0.05, 0.1) is 0 Å². The molecule has 2 fully saturated rings. The maximum atomic E-state index is 3.60. The molecule has 1 N–H and O–H groups in total. The van der Waals surface area contributed by atoms with Crippen molar-refractivity contribution in [1.29, 1.82) is 0 Å². The molecule has 2 rings (SSSR count). The molecule has 13 heavy (non-hydrogen) atoms. The first kappa shape index (κ1) is 9.51. The summed E-state index contributed by atoms with van der Waals surface area (Å²) in [6, 6.07) is 0. The first-order chi connectivity index (χ1) is 6.25. The third-order valence-electron chi connectivity index (χ3n) is 4.29. The van der Waals surface area contributed by atoms with Crippen LogP contribution in [0.4, 0.5) is 0 Å². The molecule has 1 saturated heterocycles. The van der Waals surface area contributed by atoms with E-state index in [1.54, 1.807) is 0 Å². The van der Waals surface area contributed by atoms with E-state index in [0.717, 1.165) is 11.8 Å². The van der Waals surface area contributed by atoms with E-state index in [-0.39, 0.29) is 0 Å². The molecule has 1 nitrogen and oxygen atoms in total. The fraction of sp³-hybridized carbons (Fsp3) is 1.00. The molecule has 0 aromatic carbocycles. The maximum Gasteiger partial charge on any atom is 0.00106 e. The minimum absolute atomic E-state index is 0.701. The lowest BCUT2D eigenvalue weighted by molar-refractivity contribution is 0.110. The van der Waals surface area contributed by atoms with E-state index in [2.05, 4.69) is 19.2 Å². The van der Waals surface area contributed by atoms with Gasteiger partial charge in [-0.2, -0.15) is 0 Å². The lowest BCUT2D eigenvalue weighted by Gasteiger charge is -2.41. The summed E-state index contributed by atoms with van der Waals surface area (Å²) in [4.78, 5) is 0. The number of hydrogen-bond acceptors (Lipinski definition) is 1. The van der Waals surface area contributed by atoms with Crippen LogP contribution in [0.25, 0.3) is 0 Å². The molecule has 0 amide bonds. The highest BCUT2D eigenvalue weighted by molar-refractivity contribution is 4.96. The lowest BCUT2D eigenvalue weighted by Crippen LogP contribution is -2.43. The first-order valence-electron chi connectivity index (χ1n) is 5.95. The predicted octanol–water partition coefficient (Wildman–Crippen LogP) is 2.81. The van der Waals surface area contributed by atoms with Crippen molar-refractivity contribution in [2.45, 2.75) is 46.0 Å². The minimum atomic E-state index is 0.701. The Labute approximate surface area is 82.3 Å². The zero-order chi connectivity index (χ0) is 9.31. The second kappa shape index (κ2) is 3.61. The van der Waals surface area contributed by atoms with Crippen LogP contribution in [0.3, 0.4) is 0 Å². The molecule has 0 radical (unpaired) electrons. The molecule has 2 unspecified atom stereocenters. The van der Waals surface area contributed by atoms with E-state index in [9.17, 15) is 0 Å². The number of piperidine rings is 1. The zero-order valence-electron chi connectivity index (χ0n) is 9.10. The van der Waals surface area contributed by atoms with Crippen molar-refractivity contribution in [3.05, 3.63) is 0 Å². The standard InChI is InChI=1S/C12H23N/c1-10(2)11-5-3-6-12(11)7-4-8-13-9-12/h10-11,13H,3-9H2,1-2H3. The summed E-state index contributed by atoms with van der Waals surface area (Å²) >= 11 is 0. The van der Waals surface area contributed by atoms with Gasteiger partial charge in [0.25, 0.3) is 0 Å². The molecule has 0 aromatic rings. The van der Waals surface area contributed by atoms with Crippen molar-refractivity contribution in [1.82, 2.24) is 5.32 Å². The van der Waals surface area contributed by atoms with Gasteiger partial charge >= 0.3 is 0 Å². The summed E-state index contributed by atoms with van der Waals surface area (Å²) in [5.41, 5.74) is 0.701. The Bertz CT molecular complexity index is 168. The normalized spacial score (nSPS) is 40.4. The Morgan fingerprint density at radius 1 is 1.23 bits per heavy atom.